The summed E-state index contributed by atoms with van der Waals surface area (Å²) in [4.78, 5) is 0. The Balaban J connectivity index is 2.64. The largest absolute Gasteiger partial charge is 0.413 e. The molecule has 1 nitrogen and oxygen atoms in total. The minimum absolute atomic E-state index is 0.167. The molecule has 0 spiro atoms. The van der Waals surface area contributed by atoms with Gasteiger partial charge in [-0.05, 0) is 24.4 Å². The van der Waals surface area contributed by atoms with Crippen molar-refractivity contribution in [2.24, 2.45) is 0 Å². The van der Waals surface area contributed by atoms with Gasteiger partial charge in [0.05, 0.1) is 5.60 Å². The molecular formula is C16H28OSi. The van der Waals surface area contributed by atoms with Crippen molar-refractivity contribution >= 4 is 14.9 Å². The van der Waals surface area contributed by atoms with Crippen LogP contribution in [0.25, 0.3) is 0 Å². The second-order valence-corrected chi connectivity index (χ2v) is 6.60. The maximum absolute atomic E-state index is 6.48. The maximum atomic E-state index is 6.48. The van der Waals surface area contributed by atoms with Gasteiger partial charge in [-0.3, -0.25) is 0 Å². The number of benzene rings is 1. The van der Waals surface area contributed by atoms with E-state index in [4.69, 9.17) is 4.43 Å². The summed E-state index contributed by atoms with van der Waals surface area (Å²) in [6.45, 7) is 6.81. The van der Waals surface area contributed by atoms with E-state index in [-0.39, 0.29) is 5.60 Å². The molecule has 18 heavy (non-hydrogen) atoms. The molecule has 0 bridgehead atoms. The summed E-state index contributed by atoms with van der Waals surface area (Å²) in [6, 6.07) is 10.7. The van der Waals surface area contributed by atoms with Crippen molar-refractivity contribution in [2.75, 3.05) is 0 Å². The SMILES string of the molecule is CCCC(CCC)(CCC)O[SiH2]c1ccccc1. The van der Waals surface area contributed by atoms with Gasteiger partial charge in [0, 0.05) is 0 Å². The first kappa shape index (κ1) is 15.5. The van der Waals surface area contributed by atoms with E-state index < -0.39 is 9.76 Å². The van der Waals surface area contributed by atoms with Gasteiger partial charge in [-0.15, -0.1) is 0 Å². The first-order chi connectivity index (χ1) is 8.76. The molecule has 1 aromatic carbocycles. The zero-order valence-electron chi connectivity index (χ0n) is 12.2. The van der Waals surface area contributed by atoms with Crippen LogP contribution in [0, 0.1) is 0 Å². The smallest absolute Gasteiger partial charge is 0.193 e. The fourth-order valence-electron chi connectivity index (χ4n) is 2.77. The Morgan fingerprint density at radius 1 is 0.889 bits per heavy atom. The van der Waals surface area contributed by atoms with Crippen LogP contribution >= 0.6 is 0 Å². The molecule has 0 fully saturated rings. The Morgan fingerprint density at radius 2 is 1.39 bits per heavy atom. The molecule has 0 aliphatic rings. The zero-order chi connectivity index (χ0) is 13.3. The highest BCUT2D eigenvalue weighted by atomic mass is 28.2. The maximum Gasteiger partial charge on any atom is 0.193 e. The minimum Gasteiger partial charge on any atom is -0.413 e. The molecule has 2 heteroatoms. The van der Waals surface area contributed by atoms with Crippen LogP contribution in [0.2, 0.25) is 0 Å². The summed E-state index contributed by atoms with van der Waals surface area (Å²) < 4.78 is 6.48. The average Bonchev–Trinajstić information content (AvgIpc) is 2.39. The van der Waals surface area contributed by atoms with E-state index in [1.807, 2.05) is 0 Å². The van der Waals surface area contributed by atoms with Crippen molar-refractivity contribution in [3.05, 3.63) is 30.3 Å². The van der Waals surface area contributed by atoms with Crippen LogP contribution in [-0.2, 0) is 4.43 Å². The third kappa shape index (κ3) is 4.95. The predicted octanol–water partition coefficient (Wildman–Crippen LogP) is 3.55. The topological polar surface area (TPSA) is 9.23 Å². The number of hydrogen-bond acceptors (Lipinski definition) is 1. The lowest BCUT2D eigenvalue weighted by atomic mass is 9.88. The Kier molecular flexibility index (Phi) is 7.29. The fourth-order valence-corrected chi connectivity index (χ4v) is 4.14. The standard InChI is InChI=1S/C16H28OSi/c1-4-12-16(13-5-2,14-6-3)17-18-15-10-8-7-9-11-15/h7-11H,4-6,12-14,18H2,1-3H3. The second-order valence-electron chi connectivity index (χ2n) is 5.21. The van der Waals surface area contributed by atoms with Crippen LogP contribution in [0.15, 0.2) is 30.3 Å². The highest BCUT2D eigenvalue weighted by Gasteiger charge is 2.27. The summed E-state index contributed by atoms with van der Waals surface area (Å²) in [5, 5.41) is 1.42. The molecule has 0 aliphatic heterocycles. The highest BCUT2D eigenvalue weighted by Crippen LogP contribution is 2.29. The Labute approximate surface area is 115 Å². The van der Waals surface area contributed by atoms with Crippen LogP contribution in [-0.4, -0.2) is 15.4 Å². The first-order valence-electron chi connectivity index (χ1n) is 7.44. The number of hydrogen-bond donors (Lipinski definition) is 0. The zero-order valence-corrected chi connectivity index (χ0v) is 13.7. The fraction of sp³-hybridized carbons (Fsp3) is 0.625. The van der Waals surface area contributed by atoms with Gasteiger partial charge >= 0.3 is 0 Å². The lowest BCUT2D eigenvalue weighted by Gasteiger charge is -2.34. The quantitative estimate of drug-likeness (QED) is 0.620. The van der Waals surface area contributed by atoms with Gasteiger partial charge in [-0.25, -0.2) is 0 Å². The molecule has 0 N–H and O–H groups in total. The molecule has 0 saturated carbocycles. The molecular weight excluding hydrogens is 236 g/mol. The molecule has 102 valence electrons. The second kappa shape index (κ2) is 8.49. The third-order valence-electron chi connectivity index (χ3n) is 3.50. The van der Waals surface area contributed by atoms with Gasteiger partial charge in [-0.1, -0.05) is 70.4 Å². The van der Waals surface area contributed by atoms with Crippen LogP contribution in [0.4, 0.5) is 0 Å². The predicted molar refractivity (Wildman–Crippen MR) is 83.2 cm³/mol. The minimum atomic E-state index is -0.576. The molecule has 1 rings (SSSR count). The van der Waals surface area contributed by atoms with Gasteiger partial charge in [0.1, 0.15) is 0 Å². The van der Waals surface area contributed by atoms with E-state index in [9.17, 15) is 0 Å². The number of rotatable bonds is 9. The summed E-state index contributed by atoms with van der Waals surface area (Å²) in [6.07, 6.45) is 7.33. The lowest BCUT2D eigenvalue weighted by Crippen LogP contribution is -2.37. The molecule has 0 aliphatic carbocycles. The van der Waals surface area contributed by atoms with Crippen LogP contribution in [0.3, 0.4) is 0 Å². The normalized spacial score (nSPS) is 12.4. The molecule has 0 atom stereocenters. The monoisotopic (exact) mass is 264 g/mol. The van der Waals surface area contributed by atoms with E-state index in [1.54, 1.807) is 0 Å². The Hall–Kier alpha value is -0.603. The van der Waals surface area contributed by atoms with Gasteiger partial charge in [0.25, 0.3) is 0 Å². The van der Waals surface area contributed by atoms with Crippen molar-refractivity contribution in [2.45, 2.75) is 64.9 Å². The van der Waals surface area contributed by atoms with Crippen molar-refractivity contribution in [1.29, 1.82) is 0 Å². The third-order valence-corrected chi connectivity index (χ3v) is 5.07. The van der Waals surface area contributed by atoms with Crippen molar-refractivity contribution < 1.29 is 4.43 Å². The van der Waals surface area contributed by atoms with Crippen molar-refractivity contribution in [3.8, 4) is 0 Å². The molecule has 0 unspecified atom stereocenters. The summed E-state index contributed by atoms with van der Waals surface area (Å²) in [7, 11) is -0.576. The molecule has 0 aromatic heterocycles. The average molecular weight is 264 g/mol. The van der Waals surface area contributed by atoms with Gasteiger partial charge in [-0.2, -0.15) is 0 Å². The van der Waals surface area contributed by atoms with E-state index in [1.165, 1.54) is 43.7 Å². The Bertz CT molecular complexity index is 293. The van der Waals surface area contributed by atoms with E-state index in [2.05, 4.69) is 51.1 Å². The van der Waals surface area contributed by atoms with Gasteiger partial charge < -0.3 is 4.43 Å². The summed E-state index contributed by atoms with van der Waals surface area (Å²) >= 11 is 0. The highest BCUT2D eigenvalue weighted by molar-refractivity contribution is 6.46. The molecule has 0 amide bonds. The molecule has 1 aromatic rings. The van der Waals surface area contributed by atoms with Gasteiger partial charge in [0.2, 0.25) is 0 Å². The molecule has 0 heterocycles. The molecule has 0 radical (unpaired) electrons. The summed E-state index contributed by atoms with van der Waals surface area (Å²) in [5.74, 6) is 0. The van der Waals surface area contributed by atoms with E-state index in [0.29, 0.717) is 0 Å². The molecule has 0 saturated heterocycles. The first-order valence-corrected chi connectivity index (χ1v) is 8.72. The summed E-state index contributed by atoms with van der Waals surface area (Å²) in [5.41, 5.74) is 0.167. The van der Waals surface area contributed by atoms with E-state index in [0.717, 1.165) is 0 Å². The van der Waals surface area contributed by atoms with E-state index >= 15 is 0 Å². The Morgan fingerprint density at radius 3 is 1.83 bits per heavy atom. The van der Waals surface area contributed by atoms with Crippen LogP contribution in [0.1, 0.15) is 59.3 Å². The van der Waals surface area contributed by atoms with Crippen molar-refractivity contribution in [1.82, 2.24) is 0 Å². The van der Waals surface area contributed by atoms with Crippen molar-refractivity contribution in [3.63, 3.8) is 0 Å². The van der Waals surface area contributed by atoms with Crippen LogP contribution in [0.5, 0.6) is 0 Å². The van der Waals surface area contributed by atoms with Gasteiger partial charge in [0.15, 0.2) is 9.76 Å². The van der Waals surface area contributed by atoms with Crippen LogP contribution < -0.4 is 5.19 Å². The lowest BCUT2D eigenvalue weighted by molar-refractivity contribution is 0.0449.